The number of unbranched alkanes of at least 4 members (excludes halogenated alkanes) is 25. The summed E-state index contributed by atoms with van der Waals surface area (Å²) in [7, 11) is 0. The van der Waals surface area contributed by atoms with E-state index in [1.165, 1.54) is 128 Å². The molecule has 6 heteroatoms. The maximum Gasteiger partial charge on any atom is 0.306 e. The molecule has 0 rings (SSSR count). The summed E-state index contributed by atoms with van der Waals surface area (Å²) in [5.41, 5.74) is 0. The molecular formula is C60H105NO5. The van der Waals surface area contributed by atoms with E-state index in [1.54, 1.807) is 6.08 Å². The number of ether oxygens (including phenoxy) is 1. The number of allylic oxidation sites excluding steroid dienone is 13. The predicted octanol–water partition coefficient (Wildman–Crippen LogP) is 17.1. The van der Waals surface area contributed by atoms with Gasteiger partial charge in [-0.05, 0) is 83.1 Å². The molecule has 0 fully saturated rings. The van der Waals surface area contributed by atoms with Crippen LogP contribution in [0.5, 0.6) is 0 Å². The Morgan fingerprint density at radius 1 is 0.470 bits per heavy atom. The second-order valence-corrected chi connectivity index (χ2v) is 18.6. The second kappa shape index (κ2) is 53.0. The minimum atomic E-state index is -0.825. The Bertz CT molecular complexity index is 1260. The number of rotatable bonds is 49. The molecule has 0 saturated carbocycles. The van der Waals surface area contributed by atoms with E-state index in [2.05, 4.69) is 99.0 Å². The number of nitrogens with one attached hydrogen (secondary N) is 1. The number of hydrogen-bond donors (Lipinski definition) is 3. The standard InChI is InChI=1S/C60H105NO5/c1-4-7-10-13-16-19-22-25-27-29-31-33-35-38-41-44-47-50-53-60(65)66-56(51-48-45-42-39-36-34-32-30-28-26-23-20-17-14-11-8-5-2)54-59(64)61-57(55-62)58(63)52-49-46-43-40-37-24-21-18-15-12-9-6-3/h8,11,17,20,26,28,31-34,39,42,48,51,56-58,62-63H,4-7,9-10,12-16,18-19,21-25,27,29-30,35-38,40-41,43-47,49-50,52-55H2,1-3H3,(H,61,64)/b11-8-,20-17-,28-26-,33-31+,34-32-,42-39-,51-48-. The normalized spacial score (nSPS) is 13.8. The summed E-state index contributed by atoms with van der Waals surface area (Å²) in [5.74, 6) is -0.639. The van der Waals surface area contributed by atoms with E-state index in [0.717, 1.165) is 83.5 Å². The van der Waals surface area contributed by atoms with Gasteiger partial charge in [-0.3, -0.25) is 9.59 Å². The highest BCUT2D eigenvalue weighted by Crippen LogP contribution is 2.16. The Morgan fingerprint density at radius 3 is 1.27 bits per heavy atom. The lowest BCUT2D eigenvalue weighted by molar-refractivity contribution is -0.148. The van der Waals surface area contributed by atoms with Crippen LogP contribution in [0.1, 0.15) is 258 Å². The number of aliphatic hydroxyl groups is 2. The molecule has 0 radical (unpaired) electrons. The molecule has 0 aromatic rings. The first-order valence-corrected chi connectivity index (χ1v) is 27.8. The van der Waals surface area contributed by atoms with Crippen molar-refractivity contribution in [2.45, 2.75) is 277 Å². The highest BCUT2D eigenvalue weighted by Gasteiger charge is 2.23. The molecule has 0 aliphatic rings. The summed E-state index contributed by atoms with van der Waals surface area (Å²) < 4.78 is 5.84. The van der Waals surface area contributed by atoms with Crippen LogP contribution in [0.15, 0.2) is 85.1 Å². The van der Waals surface area contributed by atoms with Crippen LogP contribution < -0.4 is 5.32 Å². The molecule has 3 N–H and O–H groups in total. The minimum absolute atomic E-state index is 0.0532. The third-order valence-corrected chi connectivity index (χ3v) is 12.2. The Kier molecular flexibility index (Phi) is 50.6. The number of carbonyl (C=O) groups excluding carboxylic acids is 2. The molecule has 1 amide bonds. The molecule has 0 aromatic heterocycles. The van der Waals surface area contributed by atoms with Gasteiger partial charge in [0.25, 0.3) is 0 Å². The van der Waals surface area contributed by atoms with Gasteiger partial charge in [0.2, 0.25) is 5.91 Å². The zero-order chi connectivity index (χ0) is 48.1. The Balaban J connectivity index is 4.75. The molecule has 380 valence electrons. The number of amides is 1. The summed E-state index contributed by atoms with van der Waals surface area (Å²) in [5, 5.41) is 23.7. The van der Waals surface area contributed by atoms with Crippen molar-refractivity contribution in [1.29, 1.82) is 0 Å². The molecular weight excluding hydrogens is 815 g/mol. The predicted molar refractivity (Wildman–Crippen MR) is 287 cm³/mol. The van der Waals surface area contributed by atoms with Crippen molar-refractivity contribution in [2.24, 2.45) is 0 Å². The second-order valence-electron chi connectivity index (χ2n) is 18.6. The molecule has 0 aliphatic heterocycles. The monoisotopic (exact) mass is 920 g/mol. The number of esters is 1. The van der Waals surface area contributed by atoms with Crippen LogP contribution in [0, 0.1) is 0 Å². The lowest BCUT2D eigenvalue weighted by atomic mass is 10.0. The summed E-state index contributed by atoms with van der Waals surface area (Å²) in [6.45, 7) is 6.34. The van der Waals surface area contributed by atoms with Crippen LogP contribution in [-0.2, 0) is 14.3 Å². The smallest absolute Gasteiger partial charge is 0.306 e. The third kappa shape index (κ3) is 47.5. The molecule has 0 saturated heterocycles. The van der Waals surface area contributed by atoms with Gasteiger partial charge < -0.3 is 20.3 Å². The van der Waals surface area contributed by atoms with Gasteiger partial charge in [0.15, 0.2) is 0 Å². The molecule has 3 atom stereocenters. The molecule has 0 aliphatic carbocycles. The Morgan fingerprint density at radius 2 is 0.848 bits per heavy atom. The molecule has 0 heterocycles. The van der Waals surface area contributed by atoms with Crippen LogP contribution >= 0.6 is 0 Å². The first kappa shape index (κ1) is 63.0. The highest BCUT2D eigenvalue weighted by molar-refractivity contribution is 5.78. The zero-order valence-corrected chi connectivity index (χ0v) is 43.3. The van der Waals surface area contributed by atoms with Gasteiger partial charge in [-0.25, -0.2) is 0 Å². The number of hydrogen-bond acceptors (Lipinski definition) is 5. The van der Waals surface area contributed by atoms with Gasteiger partial charge in [0.1, 0.15) is 6.10 Å². The van der Waals surface area contributed by atoms with Gasteiger partial charge in [0, 0.05) is 6.42 Å². The largest absolute Gasteiger partial charge is 0.458 e. The average molecular weight is 921 g/mol. The van der Waals surface area contributed by atoms with Crippen molar-refractivity contribution in [3.63, 3.8) is 0 Å². The summed E-state index contributed by atoms with van der Waals surface area (Å²) in [6.07, 6.45) is 69.6. The van der Waals surface area contributed by atoms with Gasteiger partial charge in [-0.1, -0.05) is 247 Å². The van der Waals surface area contributed by atoms with Crippen LogP contribution in [0.2, 0.25) is 0 Å². The summed E-state index contributed by atoms with van der Waals surface area (Å²) in [6, 6.07) is -0.748. The van der Waals surface area contributed by atoms with E-state index in [0.29, 0.717) is 19.3 Å². The average Bonchev–Trinajstić information content (AvgIpc) is 3.31. The third-order valence-electron chi connectivity index (χ3n) is 12.2. The Labute approximate surface area is 408 Å². The van der Waals surface area contributed by atoms with E-state index >= 15 is 0 Å². The van der Waals surface area contributed by atoms with Gasteiger partial charge in [-0.2, -0.15) is 0 Å². The number of aliphatic hydroxyl groups excluding tert-OH is 2. The lowest BCUT2D eigenvalue weighted by Gasteiger charge is -2.23. The topological polar surface area (TPSA) is 95.9 Å². The van der Waals surface area contributed by atoms with E-state index in [-0.39, 0.29) is 24.9 Å². The van der Waals surface area contributed by atoms with Crippen molar-refractivity contribution in [2.75, 3.05) is 6.61 Å². The fourth-order valence-corrected chi connectivity index (χ4v) is 8.01. The van der Waals surface area contributed by atoms with Crippen LogP contribution in [-0.4, -0.2) is 46.9 Å². The van der Waals surface area contributed by atoms with Crippen molar-refractivity contribution in [1.82, 2.24) is 5.32 Å². The SMILES string of the molecule is CC/C=C\C/C=C\C/C=C\C/C=C\C/C=C\C/C=C\C(CC(=O)NC(CO)C(O)CCCCCCCCCCCCCC)OC(=O)CCCCCCC/C=C/CCCCCCCCCCC. The maximum atomic E-state index is 13.2. The highest BCUT2D eigenvalue weighted by atomic mass is 16.5. The van der Waals surface area contributed by atoms with Gasteiger partial charge in [0.05, 0.1) is 25.2 Å². The van der Waals surface area contributed by atoms with Crippen molar-refractivity contribution in [3.8, 4) is 0 Å². The molecule has 3 unspecified atom stereocenters. The summed E-state index contributed by atoms with van der Waals surface area (Å²) in [4.78, 5) is 26.2. The Hall–Kier alpha value is -2.96. The van der Waals surface area contributed by atoms with Crippen LogP contribution in [0.4, 0.5) is 0 Å². The minimum Gasteiger partial charge on any atom is -0.458 e. The molecule has 66 heavy (non-hydrogen) atoms. The maximum absolute atomic E-state index is 13.2. The van der Waals surface area contributed by atoms with E-state index in [1.807, 2.05) is 6.08 Å². The summed E-state index contributed by atoms with van der Waals surface area (Å²) >= 11 is 0. The molecule has 6 nitrogen and oxygen atoms in total. The van der Waals surface area contributed by atoms with E-state index in [4.69, 9.17) is 4.74 Å². The quantitative estimate of drug-likeness (QED) is 0.0321. The molecule has 0 bridgehead atoms. The zero-order valence-electron chi connectivity index (χ0n) is 43.3. The van der Waals surface area contributed by atoms with Gasteiger partial charge >= 0.3 is 5.97 Å². The van der Waals surface area contributed by atoms with Crippen LogP contribution in [0.3, 0.4) is 0 Å². The molecule has 0 spiro atoms. The van der Waals surface area contributed by atoms with Crippen molar-refractivity contribution < 1.29 is 24.5 Å². The van der Waals surface area contributed by atoms with Crippen molar-refractivity contribution >= 4 is 11.9 Å². The lowest BCUT2D eigenvalue weighted by Crippen LogP contribution is -2.46. The van der Waals surface area contributed by atoms with E-state index < -0.39 is 18.2 Å². The van der Waals surface area contributed by atoms with Crippen LogP contribution in [0.25, 0.3) is 0 Å². The van der Waals surface area contributed by atoms with Crippen molar-refractivity contribution in [3.05, 3.63) is 85.1 Å². The van der Waals surface area contributed by atoms with Gasteiger partial charge in [-0.15, -0.1) is 0 Å². The number of carbonyl (C=O) groups is 2. The molecule has 0 aromatic carbocycles. The fourth-order valence-electron chi connectivity index (χ4n) is 8.01. The first-order valence-electron chi connectivity index (χ1n) is 27.8. The van der Waals surface area contributed by atoms with E-state index in [9.17, 15) is 19.8 Å². The first-order chi connectivity index (χ1) is 32.5. The fraction of sp³-hybridized carbons (Fsp3) is 0.733.